The smallest absolute Gasteiger partial charge is 0.215 e. The largest absolute Gasteiger partial charge is 0.322 e. The summed E-state index contributed by atoms with van der Waals surface area (Å²) in [5.41, 5.74) is 1.82. The Morgan fingerprint density at radius 3 is 2.95 bits per heavy atom. The van der Waals surface area contributed by atoms with Crippen LogP contribution < -0.4 is 5.32 Å². The van der Waals surface area contributed by atoms with E-state index < -0.39 is 5.95 Å². The Bertz CT molecular complexity index is 876. The van der Waals surface area contributed by atoms with Gasteiger partial charge in [0.2, 0.25) is 11.9 Å². The second kappa shape index (κ2) is 4.02. The van der Waals surface area contributed by atoms with Crippen LogP contribution >= 0.6 is 0 Å². The van der Waals surface area contributed by atoms with Crippen LogP contribution in [0.3, 0.4) is 0 Å². The molecule has 4 rings (SSSR count). The average Bonchev–Trinajstić information content (AvgIpc) is 3.00. The average molecular weight is 268 g/mol. The molecular weight excluding hydrogens is 259 g/mol. The van der Waals surface area contributed by atoms with Crippen LogP contribution in [0.2, 0.25) is 0 Å². The van der Waals surface area contributed by atoms with E-state index in [4.69, 9.17) is 0 Å². The number of anilines is 2. The molecule has 0 aliphatic heterocycles. The lowest BCUT2D eigenvalue weighted by molar-refractivity contribution is 0.588. The molecule has 0 spiro atoms. The first-order chi connectivity index (χ1) is 9.78. The molecule has 20 heavy (non-hydrogen) atoms. The lowest BCUT2D eigenvalue weighted by Crippen LogP contribution is -1.91. The van der Waals surface area contributed by atoms with Gasteiger partial charge >= 0.3 is 0 Å². The zero-order chi connectivity index (χ0) is 13.5. The monoisotopic (exact) mass is 268 g/mol. The molecule has 0 saturated heterocycles. The summed E-state index contributed by atoms with van der Waals surface area (Å²) in [6, 6.07) is 8.63. The van der Waals surface area contributed by atoms with E-state index in [1.54, 1.807) is 6.07 Å². The van der Waals surface area contributed by atoms with Crippen molar-refractivity contribution in [3.05, 3.63) is 48.7 Å². The first kappa shape index (κ1) is 10.9. The number of aromatic nitrogens is 5. The molecule has 0 bridgehead atoms. The molecule has 0 saturated carbocycles. The van der Waals surface area contributed by atoms with E-state index >= 15 is 0 Å². The first-order valence-corrected chi connectivity index (χ1v) is 6.01. The summed E-state index contributed by atoms with van der Waals surface area (Å²) in [4.78, 5) is 15.3. The van der Waals surface area contributed by atoms with Gasteiger partial charge < -0.3 is 14.7 Å². The van der Waals surface area contributed by atoms with Crippen molar-refractivity contribution in [2.24, 2.45) is 0 Å². The summed E-state index contributed by atoms with van der Waals surface area (Å²) >= 11 is 0. The zero-order valence-electron chi connectivity index (χ0n) is 10.2. The predicted molar refractivity (Wildman–Crippen MR) is 72.3 cm³/mol. The minimum Gasteiger partial charge on any atom is -0.322 e. The Morgan fingerprint density at radius 1 is 1.10 bits per heavy atom. The molecular formula is C13H9FN6. The number of nitrogens with zero attached hydrogens (tertiary/aromatic N) is 4. The highest BCUT2D eigenvalue weighted by molar-refractivity contribution is 5.74. The van der Waals surface area contributed by atoms with E-state index in [0.29, 0.717) is 22.9 Å². The van der Waals surface area contributed by atoms with E-state index in [0.717, 1.165) is 5.65 Å². The van der Waals surface area contributed by atoms with Crippen molar-refractivity contribution in [2.45, 2.75) is 0 Å². The number of hydrogen-bond donors (Lipinski definition) is 2. The van der Waals surface area contributed by atoms with Gasteiger partial charge in [-0.05, 0) is 24.3 Å². The number of halogens is 1. The number of aromatic amines is 1. The van der Waals surface area contributed by atoms with Crippen molar-refractivity contribution in [3.63, 3.8) is 0 Å². The molecule has 6 nitrogen and oxygen atoms in total. The molecule has 0 aliphatic rings. The van der Waals surface area contributed by atoms with Gasteiger partial charge in [0.05, 0.1) is 11.7 Å². The van der Waals surface area contributed by atoms with E-state index in [-0.39, 0.29) is 0 Å². The molecule has 0 unspecified atom stereocenters. The van der Waals surface area contributed by atoms with Crippen LogP contribution in [0.15, 0.2) is 42.7 Å². The molecule has 98 valence electrons. The molecule has 0 radical (unpaired) electrons. The first-order valence-electron chi connectivity index (χ1n) is 6.01. The molecule has 4 heterocycles. The van der Waals surface area contributed by atoms with Gasteiger partial charge in [-0.1, -0.05) is 6.07 Å². The molecule has 4 aromatic rings. The van der Waals surface area contributed by atoms with Gasteiger partial charge in [-0.25, -0.2) is 4.98 Å². The van der Waals surface area contributed by atoms with Crippen LogP contribution in [0.25, 0.3) is 16.8 Å². The minimum atomic E-state index is -0.553. The molecule has 0 amide bonds. The standard InChI is InChI=1S/C13H9FN6/c14-9-5-4-8-12(16-9)19-13(15-8)18-10-7-20-6-2-1-3-11(20)17-10/h1-7H,(H2,15,16,18,19). The molecule has 7 heteroatoms. The van der Waals surface area contributed by atoms with E-state index in [2.05, 4.69) is 25.3 Å². The summed E-state index contributed by atoms with van der Waals surface area (Å²) in [6.45, 7) is 0. The zero-order valence-corrected chi connectivity index (χ0v) is 10.2. The highest BCUT2D eigenvalue weighted by Crippen LogP contribution is 2.17. The van der Waals surface area contributed by atoms with Gasteiger partial charge in [0, 0.05) is 6.20 Å². The van der Waals surface area contributed by atoms with Crippen LogP contribution in [0.4, 0.5) is 16.2 Å². The van der Waals surface area contributed by atoms with E-state index in [1.165, 1.54) is 6.07 Å². The number of H-pyrrole nitrogens is 1. The van der Waals surface area contributed by atoms with Crippen molar-refractivity contribution >= 4 is 28.6 Å². The quantitative estimate of drug-likeness (QED) is 0.548. The third kappa shape index (κ3) is 1.76. The second-order valence-electron chi connectivity index (χ2n) is 4.31. The van der Waals surface area contributed by atoms with Crippen LogP contribution in [-0.2, 0) is 0 Å². The number of rotatable bonds is 2. The minimum absolute atomic E-state index is 0.330. The van der Waals surface area contributed by atoms with Crippen LogP contribution in [0.1, 0.15) is 0 Å². The van der Waals surface area contributed by atoms with Gasteiger partial charge in [-0.3, -0.25) is 0 Å². The van der Waals surface area contributed by atoms with E-state index in [9.17, 15) is 4.39 Å². The Hall–Kier alpha value is -2.96. The molecule has 4 aromatic heterocycles. The fourth-order valence-electron chi connectivity index (χ4n) is 2.04. The van der Waals surface area contributed by atoms with Crippen LogP contribution in [-0.4, -0.2) is 24.3 Å². The number of pyridine rings is 2. The van der Waals surface area contributed by atoms with Crippen molar-refractivity contribution in [2.75, 3.05) is 5.32 Å². The fraction of sp³-hybridized carbons (Fsp3) is 0. The normalized spacial score (nSPS) is 11.2. The number of nitrogens with one attached hydrogen (secondary N) is 2. The fourth-order valence-corrected chi connectivity index (χ4v) is 2.04. The second-order valence-corrected chi connectivity index (χ2v) is 4.31. The summed E-state index contributed by atoms with van der Waals surface area (Å²) in [5.74, 6) is 0.570. The van der Waals surface area contributed by atoms with E-state index in [1.807, 2.05) is 35.0 Å². The lowest BCUT2D eigenvalue weighted by Gasteiger charge is -1.94. The lowest BCUT2D eigenvalue weighted by atomic mass is 10.4. The molecule has 0 fully saturated rings. The third-order valence-electron chi connectivity index (χ3n) is 2.92. The Kier molecular flexibility index (Phi) is 2.19. The van der Waals surface area contributed by atoms with Gasteiger partial charge in [0.15, 0.2) is 11.5 Å². The van der Waals surface area contributed by atoms with Crippen molar-refractivity contribution in [1.82, 2.24) is 24.3 Å². The maximum atomic E-state index is 13.0. The number of hydrogen-bond acceptors (Lipinski definition) is 4. The predicted octanol–water partition coefficient (Wildman–Crippen LogP) is 2.49. The summed E-state index contributed by atoms with van der Waals surface area (Å²) in [7, 11) is 0. The maximum absolute atomic E-state index is 13.0. The highest BCUT2D eigenvalue weighted by Gasteiger charge is 2.07. The van der Waals surface area contributed by atoms with Crippen LogP contribution in [0, 0.1) is 5.95 Å². The van der Waals surface area contributed by atoms with Gasteiger partial charge in [0.25, 0.3) is 0 Å². The van der Waals surface area contributed by atoms with Crippen LogP contribution in [0.5, 0.6) is 0 Å². The van der Waals surface area contributed by atoms with Crippen molar-refractivity contribution in [3.8, 4) is 0 Å². The number of fused-ring (bicyclic) bond motifs is 2. The molecule has 0 atom stereocenters. The summed E-state index contributed by atoms with van der Waals surface area (Å²) < 4.78 is 14.9. The number of imidazole rings is 2. The van der Waals surface area contributed by atoms with Gasteiger partial charge in [-0.15, -0.1) is 0 Å². The molecule has 0 aliphatic carbocycles. The van der Waals surface area contributed by atoms with Gasteiger partial charge in [-0.2, -0.15) is 14.4 Å². The van der Waals surface area contributed by atoms with Crippen molar-refractivity contribution < 1.29 is 4.39 Å². The highest BCUT2D eigenvalue weighted by atomic mass is 19.1. The summed E-state index contributed by atoms with van der Waals surface area (Å²) in [5, 5.41) is 3.04. The summed E-state index contributed by atoms with van der Waals surface area (Å²) in [6.07, 6.45) is 3.75. The Morgan fingerprint density at radius 2 is 2.05 bits per heavy atom. The van der Waals surface area contributed by atoms with Crippen molar-refractivity contribution in [1.29, 1.82) is 0 Å². The molecule has 2 N–H and O–H groups in total. The third-order valence-corrected chi connectivity index (χ3v) is 2.92. The SMILES string of the molecule is Fc1ccc2[nH]c(Nc3cn4ccccc4n3)nc2n1. The topological polar surface area (TPSA) is 70.9 Å². The maximum Gasteiger partial charge on any atom is 0.215 e. The Balaban J connectivity index is 1.72. The molecule has 0 aromatic carbocycles. The Labute approximate surface area is 112 Å². The van der Waals surface area contributed by atoms with Gasteiger partial charge in [0.1, 0.15) is 5.65 Å².